The first-order valence-electron chi connectivity index (χ1n) is 5.05. The van der Waals surface area contributed by atoms with Crippen molar-refractivity contribution in [3.05, 3.63) is 0 Å². The average Bonchev–Trinajstić information content (AvgIpc) is 2.16. The molecule has 6 heteroatoms. The second-order valence-electron chi connectivity index (χ2n) is 3.95. The van der Waals surface area contributed by atoms with Crippen LogP contribution in [0.3, 0.4) is 0 Å². The smallest absolute Gasteiger partial charge is 0.242 e. The number of carbonyl (C=O) groups is 2. The predicted octanol–water partition coefficient (Wildman–Crippen LogP) is 0.427. The molecular weight excluding hydrogens is 276 g/mol. The van der Waals surface area contributed by atoms with Crippen molar-refractivity contribution < 1.29 is 14.3 Å². The second-order valence-corrected chi connectivity index (χ2v) is 5.93. The summed E-state index contributed by atoms with van der Waals surface area (Å²) < 4.78 is 4.13. The Bertz CT molecular complexity index is 251. The highest BCUT2D eigenvalue weighted by molar-refractivity contribution is 9.10. The van der Waals surface area contributed by atoms with Crippen molar-refractivity contribution in [1.29, 1.82) is 0 Å². The van der Waals surface area contributed by atoms with Crippen LogP contribution in [0.5, 0.6) is 0 Å². The van der Waals surface area contributed by atoms with Gasteiger partial charge in [0, 0.05) is 13.7 Å². The zero-order valence-electron chi connectivity index (χ0n) is 10.1. The van der Waals surface area contributed by atoms with Crippen LogP contribution in [0.4, 0.5) is 0 Å². The molecule has 1 atom stereocenters. The van der Waals surface area contributed by atoms with E-state index in [1.54, 1.807) is 27.9 Å². The first-order chi connectivity index (χ1) is 7.29. The molecule has 1 unspecified atom stereocenters. The molecule has 0 saturated carbocycles. The number of carbonyl (C=O) groups excluding carboxylic acids is 2. The van der Waals surface area contributed by atoms with Gasteiger partial charge < -0.3 is 15.4 Å². The van der Waals surface area contributed by atoms with E-state index in [9.17, 15) is 9.59 Å². The van der Waals surface area contributed by atoms with Gasteiger partial charge in [0.25, 0.3) is 0 Å². The summed E-state index contributed by atoms with van der Waals surface area (Å²) in [5.74, 6) is -0.441. The Morgan fingerprint density at radius 2 is 2.00 bits per heavy atom. The summed E-state index contributed by atoms with van der Waals surface area (Å²) in [6.07, 6.45) is 0. The molecule has 0 aliphatic heterocycles. The lowest BCUT2D eigenvalue weighted by atomic mass is 10.2. The standard InChI is InChI=1S/C10H19BrN2O3/c1-7(8(14)12-5-6-16-4)13-9(15)10(2,3)11/h7H,5-6H2,1-4H3,(H,12,14)(H,13,15). The maximum Gasteiger partial charge on any atom is 0.242 e. The molecule has 0 rings (SSSR count). The van der Waals surface area contributed by atoms with Gasteiger partial charge in [0.15, 0.2) is 0 Å². The van der Waals surface area contributed by atoms with Gasteiger partial charge in [-0.05, 0) is 20.8 Å². The molecule has 0 aromatic rings. The van der Waals surface area contributed by atoms with Crippen molar-refractivity contribution in [3.63, 3.8) is 0 Å². The van der Waals surface area contributed by atoms with Gasteiger partial charge in [-0.15, -0.1) is 0 Å². The number of amides is 2. The predicted molar refractivity (Wildman–Crippen MR) is 65.5 cm³/mol. The summed E-state index contributed by atoms with van der Waals surface area (Å²) >= 11 is 3.22. The summed E-state index contributed by atoms with van der Waals surface area (Å²) in [5.41, 5.74) is 0. The van der Waals surface area contributed by atoms with Crippen LogP contribution in [-0.4, -0.2) is 42.4 Å². The highest BCUT2D eigenvalue weighted by Crippen LogP contribution is 2.15. The van der Waals surface area contributed by atoms with Crippen molar-refractivity contribution >= 4 is 27.7 Å². The van der Waals surface area contributed by atoms with Crippen LogP contribution in [-0.2, 0) is 14.3 Å². The van der Waals surface area contributed by atoms with Crippen LogP contribution < -0.4 is 10.6 Å². The molecule has 0 radical (unpaired) electrons. The van der Waals surface area contributed by atoms with E-state index in [1.807, 2.05) is 0 Å². The van der Waals surface area contributed by atoms with Crippen molar-refractivity contribution in [1.82, 2.24) is 10.6 Å². The SMILES string of the molecule is COCCNC(=O)C(C)NC(=O)C(C)(C)Br. The first-order valence-corrected chi connectivity index (χ1v) is 5.85. The quantitative estimate of drug-likeness (QED) is 0.551. The fourth-order valence-electron chi connectivity index (χ4n) is 0.863. The molecule has 0 aliphatic rings. The number of hydrogen-bond acceptors (Lipinski definition) is 3. The summed E-state index contributed by atoms with van der Waals surface area (Å²) in [6.45, 7) is 5.97. The molecule has 94 valence electrons. The minimum absolute atomic E-state index is 0.220. The van der Waals surface area contributed by atoms with E-state index in [1.165, 1.54) is 0 Å². The summed E-state index contributed by atoms with van der Waals surface area (Å²) in [5, 5.41) is 5.25. The molecule has 5 nitrogen and oxygen atoms in total. The molecule has 0 aromatic heterocycles. The van der Waals surface area contributed by atoms with E-state index in [2.05, 4.69) is 26.6 Å². The lowest BCUT2D eigenvalue weighted by Gasteiger charge is -2.20. The van der Waals surface area contributed by atoms with Gasteiger partial charge in [-0.2, -0.15) is 0 Å². The number of rotatable bonds is 6. The number of halogens is 1. The minimum atomic E-state index is -0.673. The Balaban J connectivity index is 4.01. The van der Waals surface area contributed by atoms with Gasteiger partial charge in [-0.25, -0.2) is 0 Å². The average molecular weight is 295 g/mol. The summed E-state index contributed by atoms with van der Waals surface area (Å²) in [4.78, 5) is 23.0. The summed E-state index contributed by atoms with van der Waals surface area (Å²) in [6, 6.07) is -0.554. The Kier molecular flexibility index (Phi) is 6.59. The maximum absolute atomic E-state index is 11.5. The molecule has 0 heterocycles. The van der Waals surface area contributed by atoms with E-state index in [-0.39, 0.29) is 11.8 Å². The molecule has 0 fully saturated rings. The van der Waals surface area contributed by atoms with E-state index in [4.69, 9.17) is 4.74 Å². The zero-order chi connectivity index (χ0) is 12.8. The monoisotopic (exact) mass is 294 g/mol. The van der Waals surface area contributed by atoms with Crippen LogP contribution in [0, 0.1) is 0 Å². The third-order valence-electron chi connectivity index (χ3n) is 1.89. The molecule has 2 amide bonds. The topological polar surface area (TPSA) is 67.4 Å². The van der Waals surface area contributed by atoms with E-state index >= 15 is 0 Å². The number of methoxy groups -OCH3 is 1. The van der Waals surface area contributed by atoms with Crippen molar-refractivity contribution in [3.8, 4) is 0 Å². The van der Waals surface area contributed by atoms with Crippen molar-refractivity contribution in [2.75, 3.05) is 20.3 Å². The number of alkyl halides is 1. The van der Waals surface area contributed by atoms with Crippen LogP contribution in [0.25, 0.3) is 0 Å². The molecule has 16 heavy (non-hydrogen) atoms. The molecule has 0 saturated heterocycles. The number of nitrogens with one attached hydrogen (secondary N) is 2. The minimum Gasteiger partial charge on any atom is -0.383 e. The molecular formula is C10H19BrN2O3. The Morgan fingerprint density at radius 1 is 1.44 bits per heavy atom. The lowest BCUT2D eigenvalue weighted by molar-refractivity contribution is -0.129. The van der Waals surface area contributed by atoms with Crippen LogP contribution in [0.1, 0.15) is 20.8 Å². The van der Waals surface area contributed by atoms with E-state index in [0.717, 1.165) is 0 Å². The van der Waals surface area contributed by atoms with Crippen LogP contribution in [0.15, 0.2) is 0 Å². The number of ether oxygens (including phenoxy) is 1. The van der Waals surface area contributed by atoms with Gasteiger partial charge in [-0.1, -0.05) is 15.9 Å². The van der Waals surface area contributed by atoms with Crippen LogP contribution in [0.2, 0.25) is 0 Å². The zero-order valence-corrected chi connectivity index (χ0v) is 11.7. The third kappa shape index (κ3) is 6.07. The number of hydrogen-bond donors (Lipinski definition) is 2. The Labute approximate surface area is 104 Å². The van der Waals surface area contributed by atoms with E-state index < -0.39 is 10.4 Å². The van der Waals surface area contributed by atoms with Gasteiger partial charge in [0.05, 0.1) is 10.9 Å². The lowest BCUT2D eigenvalue weighted by Crippen LogP contribution is -2.49. The first kappa shape index (κ1) is 15.4. The third-order valence-corrected chi connectivity index (χ3v) is 2.25. The maximum atomic E-state index is 11.5. The van der Waals surface area contributed by atoms with Crippen LogP contribution >= 0.6 is 15.9 Å². The van der Waals surface area contributed by atoms with E-state index in [0.29, 0.717) is 13.2 Å². The largest absolute Gasteiger partial charge is 0.383 e. The Hall–Kier alpha value is -0.620. The van der Waals surface area contributed by atoms with Gasteiger partial charge in [0.2, 0.25) is 11.8 Å². The molecule has 0 bridgehead atoms. The fraction of sp³-hybridized carbons (Fsp3) is 0.800. The van der Waals surface area contributed by atoms with Crippen molar-refractivity contribution in [2.45, 2.75) is 31.1 Å². The molecule has 0 aliphatic carbocycles. The highest BCUT2D eigenvalue weighted by atomic mass is 79.9. The molecule has 0 aromatic carbocycles. The van der Waals surface area contributed by atoms with Gasteiger partial charge >= 0.3 is 0 Å². The molecule has 0 spiro atoms. The highest BCUT2D eigenvalue weighted by Gasteiger charge is 2.26. The van der Waals surface area contributed by atoms with Gasteiger partial charge in [0.1, 0.15) is 6.04 Å². The second kappa shape index (κ2) is 6.85. The fourth-order valence-corrected chi connectivity index (χ4v) is 0.978. The Morgan fingerprint density at radius 3 is 2.44 bits per heavy atom. The molecule has 2 N–H and O–H groups in total. The van der Waals surface area contributed by atoms with Crippen molar-refractivity contribution in [2.24, 2.45) is 0 Å². The van der Waals surface area contributed by atoms with Gasteiger partial charge in [-0.3, -0.25) is 9.59 Å². The summed E-state index contributed by atoms with van der Waals surface area (Å²) in [7, 11) is 1.56. The normalized spacial score (nSPS) is 13.1.